The smallest absolute Gasteiger partial charge is 0.327 e. The molecule has 0 saturated carbocycles. The zero-order valence-corrected chi connectivity index (χ0v) is 11.4. The topological polar surface area (TPSA) is 93.1 Å². The van der Waals surface area contributed by atoms with Crippen molar-refractivity contribution in [2.45, 2.75) is 27.2 Å². The molecule has 0 spiro atoms. The number of carbonyl (C=O) groups is 1. The highest BCUT2D eigenvalue weighted by Gasteiger charge is 2.33. The molecule has 0 heterocycles. The van der Waals surface area contributed by atoms with E-state index in [9.17, 15) is 9.36 Å². The second-order valence-electron chi connectivity index (χ2n) is 4.08. The minimum Gasteiger partial charge on any atom is -0.466 e. The molecule has 6 nitrogen and oxygen atoms in total. The van der Waals surface area contributed by atoms with Gasteiger partial charge in [-0.2, -0.15) is 0 Å². The van der Waals surface area contributed by atoms with E-state index < -0.39 is 13.0 Å². The van der Waals surface area contributed by atoms with E-state index in [0.29, 0.717) is 13.0 Å². The quantitative estimate of drug-likeness (QED) is 0.390. The van der Waals surface area contributed by atoms with E-state index in [4.69, 9.17) is 19.3 Å². The fraction of sp³-hybridized carbons (Fsp3) is 0.900. The van der Waals surface area contributed by atoms with E-state index in [2.05, 4.69) is 0 Å². The Balaban J connectivity index is 4.13. The van der Waals surface area contributed by atoms with Crippen molar-refractivity contribution in [2.24, 2.45) is 5.41 Å². The van der Waals surface area contributed by atoms with E-state index in [0.717, 1.165) is 0 Å². The Hall–Kier alpha value is -0.420. The first-order chi connectivity index (χ1) is 7.75. The minimum atomic E-state index is -4.03. The molecule has 102 valence electrons. The highest BCUT2D eigenvalue weighted by Crippen LogP contribution is 2.33. The Labute approximate surface area is 101 Å². The molecule has 0 aliphatic heterocycles. The van der Waals surface area contributed by atoms with Crippen LogP contribution in [0.5, 0.6) is 0 Å². The second-order valence-corrected chi connectivity index (χ2v) is 5.85. The number of hydrogen-bond donors (Lipinski definition) is 2. The van der Waals surface area contributed by atoms with Crippen LogP contribution in [0.1, 0.15) is 27.2 Å². The molecule has 0 bridgehead atoms. The third-order valence-electron chi connectivity index (χ3n) is 2.50. The highest BCUT2D eigenvalue weighted by atomic mass is 31.2. The van der Waals surface area contributed by atoms with Gasteiger partial charge in [-0.3, -0.25) is 9.36 Å². The maximum absolute atomic E-state index is 11.6. The first-order valence-corrected chi connectivity index (χ1v) is 7.34. The maximum Gasteiger partial charge on any atom is 0.327 e. The van der Waals surface area contributed by atoms with Crippen LogP contribution in [-0.2, 0) is 18.8 Å². The molecular weight excluding hydrogens is 247 g/mol. The normalized spacial score (nSPS) is 15.4. The molecule has 0 radical (unpaired) electrons. The van der Waals surface area contributed by atoms with Gasteiger partial charge in [-0.1, -0.05) is 6.92 Å². The molecule has 7 heteroatoms. The lowest BCUT2D eigenvalue weighted by Gasteiger charge is -2.25. The summed E-state index contributed by atoms with van der Waals surface area (Å²) < 4.78 is 20.6. The van der Waals surface area contributed by atoms with Crippen molar-refractivity contribution in [1.82, 2.24) is 0 Å². The van der Waals surface area contributed by atoms with Crippen molar-refractivity contribution in [1.29, 1.82) is 0 Å². The van der Waals surface area contributed by atoms with Crippen LogP contribution in [0.25, 0.3) is 0 Å². The summed E-state index contributed by atoms with van der Waals surface area (Å²) in [6, 6.07) is 0. The average Bonchev–Trinajstić information content (AvgIpc) is 2.23. The molecule has 0 fully saturated rings. The summed E-state index contributed by atoms with van der Waals surface area (Å²) >= 11 is 0. The molecule has 0 aromatic rings. The first-order valence-electron chi connectivity index (χ1n) is 5.54. The Bertz CT molecular complexity index is 287. The van der Waals surface area contributed by atoms with Crippen LogP contribution in [0.2, 0.25) is 0 Å². The average molecular weight is 268 g/mol. The molecule has 0 unspecified atom stereocenters. The Morgan fingerprint density at radius 1 is 1.35 bits per heavy atom. The van der Waals surface area contributed by atoms with Crippen molar-refractivity contribution in [3.05, 3.63) is 0 Å². The summed E-state index contributed by atoms with van der Waals surface area (Å²) in [7, 11) is -4.03. The van der Waals surface area contributed by atoms with Crippen molar-refractivity contribution in [3.63, 3.8) is 0 Å². The van der Waals surface area contributed by atoms with Gasteiger partial charge in [-0.05, 0) is 20.3 Å². The third-order valence-corrected chi connectivity index (χ3v) is 3.26. The summed E-state index contributed by atoms with van der Waals surface area (Å²) in [4.78, 5) is 28.9. The van der Waals surface area contributed by atoms with Crippen LogP contribution >= 0.6 is 7.60 Å². The van der Waals surface area contributed by atoms with Crippen molar-refractivity contribution >= 4 is 13.6 Å². The lowest BCUT2D eigenvalue weighted by Crippen LogP contribution is -2.34. The lowest BCUT2D eigenvalue weighted by atomic mass is 9.89. The Morgan fingerprint density at radius 3 is 2.35 bits per heavy atom. The predicted octanol–water partition coefficient (Wildman–Crippen LogP) is 1.16. The monoisotopic (exact) mass is 268 g/mol. The fourth-order valence-corrected chi connectivity index (χ4v) is 1.46. The Kier molecular flexibility index (Phi) is 6.94. The van der Waals surface area contributed by atoms with Crippen LogP contribution in [-0.4, -0.2) is 41.7 Å². The molecule has 0 aromatic heterocycles. The van der Waals surface area contributed by atoms with Crippen molar-refractivity contribution < 1.29 is 28.6 Å². The molecule has 0 aliphatic rings. The minimum absolute atomic E-state index is 0.0702. The van der Waals surface area contributed by atoms with Gasteiger partial charge in [0.2, 0.25) is 0 Å². The van der Waals surface area contributed by atoms with Crippen molar-refractivity contribution in [3.8, 4) is 0 Å². The van der Waals surface area contributed by atoms with Crippen LogP contribution in [0.15, 0.2) is 0 Å². The Morgan fingerprint density at radius 2 is 1.94 bits per heavy atom. The molecule has 0 aliphatic carbocycles. The van der Waals surface area contributed by atoms with Gasteiger partial charge in [0.05, 0.1) is 31.4 Å². The van der Waals surface area contributed by atoms with E-state index in [-0.39, 0.29) is 25.3 Å². The lowest BCUT2D eigenvalue weighted by molar-refractivity contribution is -0.158. The van der Waals surface area contributed by atoms with Crippen LogP contribution in [0.3, 0.4) is 0 Å². The molecule has 0 saturated heterocycles. The van der Waals surface area contributed by atoms with Gasteiger partial charge in [0.1, 0.15) is 0 Å². The largest absolute Gasteiger partial charge is 0.466 e. The summed E-state index contributed by atoms with van der Waals surface area (Å²) in [5.41, 5.74) is -0.759. The number of esters is 1. The molecule has 0 aromatic carbocycles. The maximum atomic E-state index is 11.6. The SMILES string of the molecule is CCOC(=O)[C@@](C)(CC)COCCP(=O)(O)O. The standard InChI is InChI=1S/C10H21O6P/c1-4-10(3,9(11)16-5-2)8-15-6-7-17(12,13)14/h4-8H2,1-3H3,(H2,12,13,14)/t10-/m0/s1. The van der Waals surface area contributed by atoms with Gasteiger partial charge in [0.25, 0.3) is 0 Å². The van der Waals surface area contributed by atoms with Crippen LogP contribution < -0.4 is 0 Å². The van der Waals surface area contributed by atoms with Gasteiger partial charge in [-0.25, -0.2) is 0 Å². The van der Waals surface area contributed by atoms with Gasteiger partial charge in [0.15, 0.2) is 0 Å². The van der Waals surface area contributed by atoms with Crippen LogP contribution in [0.4, 0.5) is 0 Å². The van der Waals surface area contributed by atoms with E-state index in [1.54, 1.807) is 13.8 Å². The van der Waals surface area contributed by atoms with Crippen molar-refractivity contribution in [2.75, 3.05) is 26.0 Å². The summed E-state index contributed by atoms with van der Waals surface area (Å²) in [6.07, 6.45) is 0.206. The van der Waals surface area contributed by atoms with E-state index >= 15 is 0 Å². The van der Waals surface area contributed by atoms with Crippen LogP contribution in [0, 0.1) is 5.41 Å². The highest BCUT2D eigenvalue weighted by molar-refractivity contribution is 7.51. The predicted molar refractivity (Wildman–Crippen MR) is 62.8 cm³/mol. The zero-order chi connectivity index (χ0) is 13.5. The number of carbonyl (C=O) groups excluding carboxylic acids is 1. The number of rotatable bonds is 8. The first kappa shape index (κ1) is 16.6. The molecule has 0 rings (SSSR count). The van der Waals surface area contributed by atoms with Gasteiger partial charge in [0, 0.05) is 0 Å². The summed E-state index contributed by atoms with van der Waals surface area (Å²) in [6.45, 7) is 5.60. The molecule has 2 N–H and O–H groups in total. The molecule has 17 heavy (non-hydrogen) atoms. The molecular formula is C10H21O6P. The number of hydrogen-bond acceptors (Lipinski definition) is 4. The fourth-order valence-electron chi connectivity index (χ4n) is 1.09. The number of ether oxygens (including phenoxy) is 2. The second kappa shape index (κ2) is 7.11. The van der Waals surface area contributed by atoms with E-state index in [1.807, 2.05) is 6.92 Å². The molecule has 0 amide bonds. The van der Waals surface area contributed by atoms with Gasteiger partial charge < -0.3 is 19.3 Å². The summed E-state index contributed by atoms with van der Waals surface area (Å²) in [5, 5.41) is 0. The van der Waals surface area contributed by atoms with E-state index in [1.165, 1.54) is 0 Å². The third kappa shape index (κ3) is 6.78. The van der Waals surface area contributed by atoms with Gasteiger partial charge >= 0.3 is 13.6 Å². The van der Waals surface area contributed by atoms with Gasteiger partial charge in [-0.15, -0.1) is 0 Å². The zero-order valence-electron chi connectivity index (χ0n) is 10.5. The molecule has 1 atom stereocenters. The summed E-state index contributed by atoms with van der Waals surface area (Å²) in [5.74, 6) is -0.348.